The Morgan fingerprint density at radius 1 is 1.16 bits per heavy atom. The topological polar surface area (TPSA) is 173 Å². The van der Waals surface area contributed by atoms with Gasteiger partial charge < -0.3 is 15.8 Å². The van der Waals surface area contributed by atoms with Crippen molar-refractivity contribution in [3.05, 3.63) is 80.6 Å². The molecular formula is C26H20F4N8O5S. The van der Waals surface area contributed by atoms with Gasteiger partial charge in [-0.25, -0.2) is 14.1 Å². The predicted octanol–water partition coefficient (Wildman–Crippen LogP) is 5.14. The van der Waals surface area contributed by atoms with Crippen molar-refractivity contribution in [1.82, 2.24) is 24.5 Å². The zero-order valence-corrected chi connectivity index (χ0v) is 23.5. The maximum Gasteiger partial charge on any atom is 0.433 e. The van der Waals surface area contributed by atoms with Crippen molar-refractivity contribution in [2.45, 2.75) is 33.3 Å². The lowest BCUT2D eigenvalue weighted by molar-refractivity contribution is -0.386. The number of nitrogens with one attached hydrogen (secondary N) is 1. The zero-order chi connectivity index (χ0) is 31.9. The third kappa shape index (κ3) is 5.78. The molecule has 13 nitrogen and oxygen atoms in total. The van der Waals surface area contributed by atoms with Crippen LogP contribution in [0.15, 0.2) is 42.7 Å². The molecule has 0 radical (unpaired) electrons. The number of nitrogens with zero attached hydrogens (tertiary/aromatic N) is 6. The summed E-state index contributed by atoms with van der Waals surface area (Å²) in [5, 5.41) is 22.1. The molecule has 0 saturated heterocycles. The molecular weight excluding hydrogens is 612 g/mol. The van der Waals surface area contributed by atoms with E-state index in [1.807, 2.05) is 0 Å². The maximum absolute atomic E-state index is 13.8. The van der Waals surface area contributed by atoms with Crippen molar-refractivity contribution in [2.24, 2.45) is 5.73 Å². The Kier molecular flexibility index (Phi) is 7.77. The van der Waals surface area contributed by atoms with E-state index in [9.17, 15) is 37.3 Å². The second kappa shape index (κ2) is 11.4. The van der Waals surface area contributed by atoms with E-state index in [0.29, 0.717) is 29.1 Å². The van der Waals surface area contributed by atoms with Crippen LogP contribution in [0.25, 0.3) is 21.3 Å². The molecule has 0 aliphatic carbocycles. The van der Waals surface area contributed by atoms with Crippen molar-refractivity contribution < 1.29 is 36.8 Å². The molecule has 1 aromatic carbocycles. The third-order valence-corrected chi connectivity index (χ3v) is 7.42. The van der Waals surface area contributed by atoms with Gasteiger partial charge >= 0.3 is 11.9 Å². The third-order valence-electron chi connectivity index (χ3n) is 6.32. The summed E-state index contributed by atoms with van der Waals surface area (Å²) in [4.78, 5) is 39.4. The van der Waals surface area contributed by atoms with Gasteiger partial charge in [-0.1, -0.05) is 0 Å². The summed E-state index contributed by atoms with van der Waals surface area (Å²) in [7, 11) is 0. The first-order chi connectivity index (χ1) is 20.8. The molecule has 0 aliphatic rings. The van der Waals surface area contributed by atoms with E-state index in [1.165, 1.54) is 16.9 Å². The monoisotopic (exact) mass is 632 g/mol. The number of anilines is 1. The number of hydrogen-bond donors (Lipinski definition) is 2. The van der Waals surface area contributed by atoms with Crippen LogP contribution in [-0.4, -0.2) is 41.3 Å². The summed E-state index contributed by atoms with van der Waals surface area (Å²) in [6.45, 7) is 3.39. The molecule has 0 saturated carbocycles. The number of nitro groups is 1. The largest absolute Gasteiger partial charge is 0.464 e. The quantitative estimate of drug-likeness (QED) is 0.128. The average Bonchev–Trinajstić information content (AvgIpc) is 3.68. The van der Waals surface area contributed by atoms with Gasteiger partial charge in [-0.15, -0.1) is 11.3 Å². The van der Waals surface area contributed by atoms with Crippen LogP contribution in [0.2, 0.25) is 0 Å². The number of amides is 2. The number of alkyl halides is 3. The van der Waals surface area contributed by atoms with Crippen LogP contribution in [0.1, 0.15) is 38.5 Å². The van der Waals surface area contributed by atoms with Gasteiger partial charge in [-0.2, -0.15) is 23.4 Å². The number of rotatable bonds is 9. The van der Waals surface area contributed by atoms with Crippen molar-refractivity contribution in [2.75, 3.05) is 5.32 Å². The van der Waals surface area contributed by atoms with Crippen LogP contribution in [0.3, 0.4) is 0 Å². The van der Waals surface area contributed by atoms with Crippen molar-refractivity contribution in [3.63, 3.8) is 0 Å². The number of benzene rings is 1. The van der Waals surface area contributed by atoms with Gasteiger partial charge in [0.1, 0.15) is 21.2 Å². The summed E-state index contributed by atoms with van der Waals surface area (Å²) < 4.78 is 63.0. The number of ether oxygens (including phenoxy) is 1. The molecule has 0 spiro atoms. The highest BCUT2D eigenvalue weighted by atomic mass is 32.1. The number of primary amides is 1. The SMILES string of the molecule is CCn1cc(-c2cc(C(F)(F)F)nc3sc(C(N)=O)c(NC(=O)c4ccn(COc5cc(F)ccc5[N+](=O)[O-])n4)c23)c(C)n1. The molecule has 4 heterocycles. The molecule has 2 amide bonds. The molecule has 0 atom stereocenters. The minimum absolute atomic E-state index is 0.0224. The second-order valence-corrected chi connectivity index (χ2v) is 10.2. The number of aryl methyl sites for hydroxylation is 2. The maximum atomic E-state index is 13.8. The fourth-order valence-corrected chi connectivity index (χ4v) is 5.32. The van der Waals surface area contributed by atoms with Crippen LogP contribution in [-0.2, 0) is 19.5 Å². The minimum atomic E-state index is -4.82. The fraction of sp³-hybridized carbons (Fsp3) is 0.192. The van der Waals surface area contributed by atoms with Gasteiger partial charge in [0, 0.05) is 42.0 Å². The number of aromatic nitrogens is 5. The normalized spacial score (nSPS) is 11.6. The van der Waals surface area contributed by atoms with E-state index in [1.54, 1.807) is 20.0 Å². The molecule has 0 fully saturated rings. The number of nitrogens with two attached hydrogens (primary N) is 1. The van der Waals surface area contributed by atoms with Gasteiger partial charge in [0.15, 0.2) is 12.4 Å². The number of fused-ring (bicyclic) bond motifs is 1. The number of hydrogen-bond acceptors (Lipinski definition) is 9. The molecule has 18 heteroatoms. The number of carbonyl (C=O) groups is 2. The Hall–Kier alpha value is -5.39. The molecule has 4 aromatic heterocycles. The highest BCUT2D eigenvalue weighted by Crippen LogP contribution is 2.44. The number of carbonyl (C=O) groups excluding carboxylic acids is 2. The van der Waals surface area contributed by atoms with Crippen LogP contribution < -0.4 is 15.8 Å². The Balaban J connectivity index is 1.52. The Labute approximate surface area is 248 Å². The van der Waals surface area contributed by atoms with Crippen LogP contribution >= 0.6 is 11.3 Å². The van der Waals surface area contributed by atoms with Crippen molar-refractivity contribution >= 4 is 44.7 Å². The summed E-state index contributed by atoms with van der Waals surface area (Å²) in [5.74, 6) is -3.02. The lowest BCUT2D eigenvalue weighted by atomic mass is 10.0. The van der Waals surface area contributed by atoms with Crippen molar-refractivity contribution in [3.8, 4) is 16.9 Å². The number of halogens is 4. The molecule has 0 bridgehead atoms. The molecule has 0 aliphatic heterocycles. The number of pyridine rings is 1. The van der Waals surface area contributed by atoms with E-state index in [-0.39, 0.29) is 37.8 Å². The minimum Gasteiger partial charge on any atom is -0.464 e. The number of thiophene rings is 1. The molecule has 228 valence electrons. The Morgan fingerprint density at radius 2 is 1.91 bits per heavy atom. The summed E-state index contributed by atoms with van der Waals surface area (Å²) >= 11 is 0.584. The summed E-state index contributed by atoms with van der Waals surface area (Å²) in [5.41, 5.74) is 4.21. The highest BCUT2D eigenvalue weighted by Gasteiger charge is 2.35. The van der Waals surface area contributed by atoms with Gasteiger partial charge in [-0.3, -0.25) is 24.4 Å². The van der Waals surface area contributed by atoms with E-state index >= 15 is 0 Å². The summed E-state index contributed by atoms with van der Waals surface area (Å²) in [6.07, 6.45) is -1.98. The number of nitro benzene ring substituents is 1. The van der Waals surface area contributed by atoms with Crippen molar-refractivity contribution in [1.29, 1.82) is 0 Å². The summed E-state index contributed by atoms with van der Waals surface area (Å²) in [6, 6.07) is 4.73. The second-order valence-electron chi connectivity index (χ2n) is 9.22. The van der Waals surface area contributed by atoms with Crippen LogP contribution in [0.4, 0.5) is 28.9 Å². The molecule has 0 unspecified atom stereocenters. The molecule has 5 rings (SSSR count). The van der Waals surface area contributed by atoms with Gasteiger partial charge in [0.25, 0.3) is 11.8 Å². The van der Waals surface area contributed by atoms with Gasteiger partial charge in [0.2, 0.25) is 5.75 Å². The molecule has 44 heavy (non-hydrogen) atoms. The lowest BCUT2D eigenvalue weighted by Crippen LogP contribution is -2.18. The van der Waals surface area contributed by atoms with E-state index in [0.717, 1.165) is 28.9 Å². The van der Waals surface area contributed by atoms with E-state index in [4.69, 9.17) is 10.5 Å². The zero-order valence-electron chi connectivity index (χ0n) is 22.7. The first kappa shape index (κ1) is 30.1. The van der Waals surface area contributed by atoms with E-state index < -0.39 is 46.8 Å². The smallest absolute Gasteiger partial charge is 0.433 e. The Bertz CT molecular complexity index is 1950. The van der Waals surface area contributed by atoms with Gasteiger partial charge in [-0.05, 0) is 37.6 Å². The molecule has 5 aromatic rings. The van der Waals surface area contributed by atoms with E-state index in [2.05, 4.69) is 20.5 Å². The average molecular weight is 633 g/mol. The van der Waals surface area contributed by atoms with Gasteiger partial charge in [0.05, 0.1) is 16.3 Å². The Morgan fingerprint density at radius 3 is 2.55 bits per heavy atom. The lowest BCUT2D eigenvalue weighted by Gasteiger charge is -2.11. The predicted molar refractivity (Wildman–Crippen MR) is 149 cm³/mol. The first-order valence-corrected chi connectivity index (χ1v) is 13.4. The van der Waals surface area contributed by atoms with Crippen LogP contribution in [0.5, 0.6) is 5.75 Å². The van der Waals surface area contributed by atoms with Crippen LogP contribution in [0, 0.1) is 22.9 Å². The molecule has 3 N–H and O–H groups in total. The first-order valence-electron chi connectivity index (χ1n) is 12.6. The standard InChI is InChI=1S/C26H20F4N8O5S/c1-3-36-10-15(12(2)34-36)14-9-19(26(28,29)30)32-25-20(14)21(22(44-25)23(31)39)33-24(40)16-6-7-37(35-16)11-43-18-8-13(27)4-5-17(18)38(41)42/h4-10H,3,11H2,1-2H3,(H2,31,39)(H,33,40). The highest BCUT2D eigenvalue weighted by molar-refractivity contribution is 7.21. The fourth-order valence-electron chi connectivity index (χ4n) is 4.32.